The first kappa shape index (κ1) is 25.6. The minimum absolute atomic E-state index is 0.0211. The number of hydrogen-bond donors (Lipinski definition) is 0. The molecule has 0 aromatic carbocycles. The summed E-state index contributed by atoms with van der Waals surface area (Å²) in [6.45, 7) is 8.20. The third-order valence-corrected chi connectivity index (χ3v) is 4.86. The zero-order valence-electron chi connectivity index (χ0n) is 18.5. The molecule has 0 aliphatic heterocycles. The van der Waals surface area contributed by atoms with Gasteiger partial charge >= 0.3 is 11.9 Å². The number of carbonyl (C=O) groups excluding carboxylic acids is 2. The fraction of sp³-hybridized carbons (Fsp3) is 0.600. The summed E-state index contributed by atoms with van der Waals surface area (Å²) in [6, 6.07) is 0. The molecular weight excluding hydrogens is 380 g/mol. The van der Waals surface area contributed by atoms with E-state index in [4.69, 9.17) is 14.2 Å². The second-order valence-electron chi connectivity index (χ2n) is 7.40. The Labute approximate surface area is 181 Å². The number of hydrogen-bond acceptors (Lipinski definition) is 5. The SMILES string of the molecule is C=C/C(=C\C=C(/C)OCCCCCCOC(=O)C#CC)C(=O)OC1CCCCCC1. The second-order valence-corrected chi connectivity index (χ2v) is 7.40. The summed E-state index contributed by atoms with van der Waals surface area (Å²) in [4.78, 5) is 23.4. The molecule has 0 saturated heterocycles. The minimum atomic E-state index is -0.466. The minimum Gasteiger partial charge on any atom is -0.498 e. The molecule has 1 fully saturated rings. The Morgan fingerprint density at radius 3 is 2.20 bits per heavy atom. The molecule has 1 saturated carbocycles. The predicted molar refractivity (Wildman–Crippen MR) is 118 cm³/mol. The van der Waals surface area contributed by atoms with Crippen LogP contribution >= 0.6 is 0 Å². The molecule has 30 heavy (non-hydrogen) atoms. The van der Waals surface area contributed by atoms with Crippen molar-refractivity contribution in [3.8, 4) is 11.8 Å². The Bertz CT molecular complexity index is 655. The van der Waals surface area contributed by atoms with Crippen molar-refractivity contribution in [3.63, 3.8) is 0 Å². The second kappa shape index (κ2) is 16.3. The molecule has 0 atom stereocenters. The molecule has 0 spiro atoms. The van der Waals surface area contributed by atoms with Gasteiger partial charge in [0.15, 0.2) is 0 Å². The van der Waals surface area contributed by atoms with E-state index in [1.807, 2.05) is 6.92 Å². The van der Waals surface area contributed by atoms with Crippen LogP contribution in [-0.4, -0.2) is 31.3 Å². The van der Waals surface area contributed by atoms with Crippen molar-refractivity contribution in [1.82, 2.24) is 0 Å². The molecule has 0 bridgehead atoms. The average Bonchev–Trinajstić information content (AvgIpc) is 2.99. The monoisotopic (exact) mass is 416 g/mol. The van der Waals surface area contributed by atoms with Gasteiger partial charge in [-0.2, -0.15) is 0 Å². The molecule has 0 radical (unpaired) electrons. The van der Waals surface area contributed by atoms with Crippen LogP contribution in [0.4, 0.5) is 0 Å². The number of ether oxygens (including phenoxy) is 3. The predicted octanol–water partition coefficient (Wildman–Crippen LogP) is 5.41. The third-order valence-electron chi connectivity index (χ3n) is 4.86. The van der Waals surface area contributed by atoms with Crippen LogP contribution in [0, 0.1) is 11.8 Å². The summed E-state index contributed by atoms with van der Waals surface area (Å²) in [5.74, 6) is 4.82. The van der Waals surface area contributed by atoms with E-state index in [1.54, 1.807) is 19.1 Å². The zero-order chi connectivity index (χ0) is 22.0. The number of rotatable bonds is 12. The largest absolute Gasteiger partial charge is 0.498 e. The molecule has 166 valence electrons. The molecule has 0 heterocycles. The van der Waals surface area contributed by atoms with Gasteiger partial charge in [-0.1, -0.05) is 31.4 Å². The fourth-order valence-corrected chi connectivity index (χ4v) is 3.15. The van der Waals surface area contributed by atoms with Crippen LogP contribution in [0.5, 0.6) is 0 Å². The van der Waals surface area contributed by atoms with E-state index in [9.17, 15) is 9.59 Å². The lowest BCUT2D eigenvalue weighted by molar-refractivity contribution is -0.144. The maximum Gasteiger partial charge on any atom is 0.384 e. The third kappa shape index (κ3) is 12.2. The maximum atomic E-state index is 12.4. The van der Waals surface area contributed by atoms with E-state index in [0.717, 1.165) is 57.1 Å². The molecule has 1 aliphatic rings. The summed E-state index contributed by atoms with van der Waals surface area (Å²) in [7, 11) is 0. The van der Waals surface area contributed by atoms with Crippen molar-refractivity contribution < 1.29 is 23.8 Å². The van der Waals surface area contributed by atoms with Gasteiger partial charge in [0.05, 0.1) is 24.5 Å². The van der Waals surface area contributed by atoms with Crippen LogP contribution in [0.3, 0.4) is 0 Å². The lowest BCUT2D eigenvalue weighted by Gasteiger charge is -2.15. The van der Waals surface area contributed by atoms with Crippen molar-refractivity contribution >= 4 is 11.9 Å². The van der Waals surface area contributed by atoms with Gasteiger partial charge in [0.25, 0.3) is 0 Å². The van der Waals surface area contributed by atoms with Gasteiger partial charge in [-0.25, -0.2) is 9.59 Å². The molecule has 0 aromatic rings. The van der Waals surface area contributed by atoms with E-state index >= 15 is 0 Å². The van der Waals surface area contributed by atoms with Gasteiger partial charge in [0.1, 0.15) is 6.10 Å². The molecule has 1 aliphatic carbocycles. The van der Waals surface area contributed by atoms with E-state index in [2.05, 4.69) is 18.4 Å². The molecular formula is C25H36O5. The van der Waals surface area contributed by atoms with Crippen molar-refractivity contribution in [2.24, 2.45) is 0 Å². The Balaban J connectivity index is 2.24. The summed E-state index contributed by atoms with van der Waals surface area (Å²) in [6.07, 6.45) is 15.3. The lowest BCUT2D eigenvalue weighted by atomic mass is 10.1. The van der Waals surface area contributed by atoms with Gasteiger partial charge in [-0.05, 0) is 77.4 Å². The Hall–Kier alpha value is -2.48. The molecule has 5 heteroatoms. The van der Waals surface area contributed by atoms with E-state index in [1.165, 1.54) is 18.9 Å². The van der Waals surface area contributed by atoms with Gasteiger partial charge < -0.3 is 14.2 Å². The Kier molecular flexibility index (Phi) is 13.9. The topological polar surface area (TPSA) is 61.8 Å². The van der Waals surface area contributed by atoms with Crippen LogP contribution in [0.15, 0.2) is 36.1 Å². The molecule has 1 rings (SSSR count). The maximum absolute atomic E-state index is 12.4. The summed E-state index contributed by atoms with van der Waals surface area (Å²) < 4.78 is 16.3. The molecule has 0 unspecified atom stereocenters. The summed E-state index contributed by atoms with van der Waals surface area (Å²) in [5, 5.41) is 0. The normalized spacial score (nSPS) is 15.4. The van der Waals surface area contributed by atoms with Crippen molar-refractivity contribution in [1.29, 1.82) is 0 Å². The van der Waals surface area contributed by atoms with Crippen LogP contribution in [0.2, 0.25) is 0 Å². The van der Waals surface area contributed by atoms with Gasteiger partial charge in [0, 0.05) is 5.92 Å². The first-order valence-corrected chi connectivity index (χ1v) is 11.0. The van der Waals surface area contributed by atoms with E-state index in [0.29, 0.717) is 18.8 Å². The van der Waals surface area contributed by atoms with E-state index < -0.39 is 5.97 Å². The summed E-state index contributed by atoms with van der Waals surface area (Å²) in [5.41, 5.74) is 0.449. The lowest BCUT2D eigenvalue weighted by Crippen LogP contribution is -2.18. The highest BCUT2D eigenvalue weighted by Gasteiger charge is 2.17. The number of unbranched alkanes of at least 4 members (excludes halogenated alkanes) is 3. The van der Waals surface area contributed by atoms with Crippen LogP contribution < -0.4 is 0 Å². The molecule has 5 nitrogen and oxygen atoms in total. The highest BCUT2D eigenvalue weighted by atomic mass is 16.5. The molecule has 0 amide bonds. The smallest absolute Gasteiger partial charge is 0.384 e. The number of allylic oxidation sites excluding steroid dienone is 3. The van der Waals surface area contributed by atoms with Crippen molar-refractivity contribution in [3.05, 3.63) is 36.1 Å². The number of carbonyl (C=O) groups is 2. The van der Waals surface area contributed by atoms with E-state index in [-0.39, 0.29) is 12.1 Å². The Morgan fingerprint density at radius 1 is 0.967 bits per heavy atom. The summed E-state index contributed by atoms with van der Waals surface area (Å²) >= 11 is 0. The van der Waals surface area contributed by atoms with Crippen LogP contribution in [-0.2, 0) is 23.8 Å². The van der Waals surface area contributed by atoms with Crippen LogP contribution in [0.25, 0.3) is 0 Å². The standard InChI is InChI=1S/C25H36O5/c1-4-14-24(26)29-20-13-9-8-12-19-28-21(3)17-18-22(5-2)25(27)30-23-15-10-6-7-11-16-23/h5,17-18,23H,2,6-13,15-16,19-20H2,1,3H3/b21-17+,22-18+. The first-order valence-electron chi connectivity index (χ1n) is 11.0. The quantitative estimate of drug-likeness (QED) is 0.0622. The average molecular weight is 417 g/mol. The Morgan fingerprint density at radius 2 is 1.60 bits per heavy atom. The van der Waals surface area contributed by atoms with Gasteiger partial charge in [0.2, 0.25) is 0 Å². The highest BCUT2D eigenvalue weighted by molar-refractivity contribution is 5.91. The fourth-order valence-electron chi connectivity index (χ4n) is 3.15. The van der Waals surface area contributed by atoms with Crippen LogP contribution in [0.1, 0.15) is 78.1 Å². The van der Waals surface area contributed by atoms with Gasteiger partial charge in [-0.3, -0.25) is 0 Å². The molecule has 0 N–H and O–H groups in total. The van der Waals surface area contributed by atoms with Crippen molar-refractivity contribution in [2.45, 2.75) is 84.2 Å². The highest BCUT2D eigenvalue weighted by Crippen LogP contribution is 2.21. The molecule has 0 aromatic heterocycles. The first-order chi connectivity index (χ1) is 14.6. The zero-order valence-corrected chi connectivity index (χ0v) is 18.5. The van der Waals surface area contributed by atoms with Crippen molar-refractivity contribution in [2.75, 3.05) is 13.2 Å². The van der Waals surface area contributed by atoms with Gasteiger partial charge in [-0.15, -0.1) is 0 Å². The number of esters is 2.